The SMILES string of the molecule is CNC(=O)C(NC(=O)Cn1cccc(C(F)(F)F)c1=O)c1ccc(F)c(F)c1. The molecule has 2 rings (SSSR count). The first kappa shape index (κ1) is 21.1. The number of likely N-dealkylation sites (N-methyl/N-ethyl adjacent to an activating group) is 1. The van der Waals surface area contributed by atoms with Crippen LogP contribution in [-0.4, -0.2) is 23.4 Å². The van der Waals surface area contributed by atoms with Crippen LogP contribution in [-0.2, 0) is 22.3 Å². The average Bonchev–Trinajstić information content (AvgIpc) is 2.62. The Morgan fingerprint density at radius 2 is 1.82 bits per heavy atom. The number of alkyl halides is 3. The summed E-state index contributed by atoms with van der Waals surface area (Å²) in [6.07, 6.45) is -3.92. The molecule has 0 spiro atoms. The van der Waals surface area contributed by atoms with E-state index in [4.69, 9.17) is 0 Å². The number of carbonyl (C=O) groups excluding carboxylic acids is 2. The number of nitrogens with zero attached hydrogens (tertiary/aromatic N) is 1. The molecule has 150 valence electrons. The molecule has 28 heavy (non-hydrogen) atoms. The van der Waals surface area contributed by atoms with Crippen molar-refractivity contribution in [1.82, 2.24) is 15.2 Å². The van der Waals surface area contributed by atoms with Gasteiger partial charge in [0.1, 0.15) is 18.2 Å². The Bertz CT molecular complexity index is 956. The van der Waals surface area contributed by atoms with Crippen molar-refractivity contribution in [2.75, 3.05) is 7.05 Å². The van der Waals surface area contributed by atoms with Crippen molar-refractivity contribution in [3.05, 3.63) is 69.6 Å². The number of carbonyl (C=O) groups is 2. The van der Waals surface area contributed by atoms with Gasteiger partial charge in [-0.05, 0) is 29.8 Å². The van der Waals surface area contributed by atoms with Gasteiger partial charge in [0.25, 0.3) is 5.56 Å². The van der Waals surface area contributed by atoms with E-state index in [-0.39, 0.29) is 5.56 Å². The third-order valence-electron chi connectivity index (χ3n) is 3.73. The molecule has 0 aliphatic heterocycles. The molecule has 2 N–H and O–H groups in total. The Hall–Kier alpha value is -3.24. The lowest BCUT2D eigenvalue weighted by Crippen LogP contribution is -2.42. The van der Waals surface area contributed by atoms with Gasteiger partial charge in [-0.25, -0.2) is 8.78 Å². The lowest BCUT2D eigenvalue weighted by Gasteiger charge is -2.18. The van der Waals surface area contributed by atoms with Gasteiger partial charge in [0.15, 0.2) is 11.6 Å². The smallest absolute Gasteiger partial charge is 0.357 e. The summed E-state index contributed by atoms with van der Waals surface area (Å²) in [5, 5.41) is 4.40. The minimum absolute atomic E-state index is 0.0945. The van der Waals surface area contributed by atoms with Crippen LogP contribution in [0.15, 0.2) is 41.3 Å². The molecule has 1 aromatic heterocycles. The highest BCUT2D eigenvalue weighted by molar-refractivity contribution is 5.88. The molecule has 1 atom stereocenters. The molecular weight excluding hydrogens is 389 g/mol. The van der Waals surface area contributed by atoms with Gasteiger partial charge in [-0.3, -0.25) is 14.4 Å². The van der Waals surface area contributed by atoms with E-state index in [1.807, 2.05) is 0 Å². The van der Waals surface area contributed by atoms with Gasteiger partial charge >= 0.3 is 6.18 Å². The van der Waals surface area contributed by atoms with E-state index in [0.29, 0.717) is 16.7 Å². The minimum Gasteiger partial charge on any atom is -0.357 e. The van der Waals surface area contributed by atoms with Crippen LogP contribution < -0.4 is 16.2 Å². The highest BCUT2D eigenvalue weighted by Crippen LogP contribution is 2.26. The van der Waals surface area contributed by atoms with Crippen molar-refractivity contribution in [3.63, 3.8) is 0 Å². The predicted octanol–water partition coefficient (Wildman–Crippen LogP) is 1.75. The van der Waals surface area contributed by atoms with Crippen LogP contribution in [0.1, 0.15) is 17.2 Å². The van der Waals surface area contributed by atoms with Gasteiger partial charge in [0.2, 0.25) is 11.8 Å². The zero-order chi connectivity index (χ0) is 21.1. The fourth-order valence-electron chi connectivity index (χ4n) is 2.37. The van der Waals surface area contributed by atoms with E-state index >= 15 is 0 Å². The topological polar surface area (TPSA) is 80.2 Å². The molecule has 6 nitrogen and oxygen atoms in total. The number of hydrogen-bond donors (Lipinski definition) is 2. The second kappa shape index (κ2) is 8.19. The molecule has 0 radical (unpaired) electrons. The summed E-state index contributed by atoms with van der Waals surface area (Å²) in [5.41, 5.74) is -2.98. The predicted molar refractivity (Wildman–Crippen MR) is 87.0 cm³/mol. The summed E-state index contributed by atoms with van der Waals surface area (Å²) in [6, 6.07) is 2.59. The number of halogens is 5. The van der Waals surface area contributed by atoms with E-state index in [2.05, 4.69) is 10.6 Å². The van der Waals surface area contributed by atoms with Crippen LogP contribution in [0.2, 0.25) is 0 Å². The molecular formula is C17H14F5N3O3. The Morgan fingerprint density at radius 3 is 2.39 bits per heavy atom. The standard InChI is InChI=1S/C17H14F5N3O3/c1-23-15(27)14(9-4-5-11(18)12(19)7-9)24-13(26)8-25-6-2-3-10(16(25)28)17(20,21)22/h2-7,14H,8H2,1H3,(H,23,27)(H,24,26). The fourth-order valence-corrected chi connectivity index (χ4v) is 2.37. The van der Waals surface area contributed by atoms with Crippen molar-refractivity contribution < 1.29 is 31.5 Å². The van der Waals surface area contributed by atoms with Gasteiger partial charge < -0.3 is 15.2 Å². The second-order valence-electron chi connectivity index (χ2n) is 5.64. The summed E-state index contributed by atoms with van der Waals surface area (Å²) in [5.74, 6) is -4.19. The van der Waals surface area contributed by atoms with E-state index in [9.17, 15) is 36.3 Å². The fraction of sp³-hybridized carbons (Fsp3) is 0.235. The molecule has 11 heteroatoms. The molecule has 1 aromatic carbocycles. The van der Waals surface area contributed by atoms with Gasteiger partial charge in [-0.15, -0.1) is 0 Å². The summed E-state index contributed by atoms with van der Waals surface area (Å²) < 4.78 is 65.4. The highest BCUT2D eigenvalue weighted by atomic mass is 19.4. The lowest BCUT2D eigenvalue weighted by molar-refractivity contribution is -0.139. The number of pyridine rings is 1. The maximum absolute atomic E-state index is 13.4. The molecule has 0 fully saturated rings. The van der Waals surface area contributed by atoms with Crippen molar-refractivity contribution in [2.45, 2.75) is 18.8 Å². The van der Waals surface area contributed by atoms with E-state index in [0.717, 1.165) is 24.4 Å². The van der Waals surface area contributed by atoms with E-state index in [1.54, 1.807) is 0 Å². The van der Waals surface area contributed by atoms with Crippen molar-refractivity contribution >= 4 is 11.8 Å². The Labute approximate surface area is 155 Å². The van der Waals surface area contributed by atoms with Crippen LogP contribution in [0.3, 0.4) is 0 Å². The third-order valence-corrected chi connectivity index (χ3v) is 3.73. The van der Waals surface area contributed by atoms with Crippen LogP contribution in [0, 0.1) is 11.6 Å². The van der Waals surface area contributed by atoms with Gasteiger partial charge in [-0.1, -0.05) is 6.07 Å². The van der Waals surface area contributed by atoms with Crippen LogP contribution >= 0.6 is 0 Å². The molecule has 1 heterocycles. The third kappa shape index (κ3) is 4.72. The Morgan fingerprint density at radius 1 is 1.14 bits per heavy atom. The van der Waals surface area contributed by atoms with Crippen LogP contribution in [0.4, 0.5) is 22.0 Å². The van der Waals surface area contributed by atoms with Gasteiger partial charge in [0, 0.05) is 13.2 Å². The zero-order valence-electron chi connectivity index (χ0n) is 14.3. The molecule has 0 bridgehead atoms. The molecule has 0 aliphatic rings. The molecule has 1 unspecified atom stereocenters. The largest absolute Gasteiger partial charge is 0.421 e. The second-order valence-corrected chi connectivity index (χ2v) is 5.64. The summed E-state index contributed by atoms with van der Waals surface area (Å²) in [7, 11) is 1.23. The molecule has 0 aliphatic carbocycles. The molecule has 0 saturated carbocycles. The van der Waals surface area contributed by atoms with Crippen molar-refractivity contribution in [1.29, 1.82) is 0 Å². The first-order valence-electron chi connectivity index (χ1n) is 7.77. The minimum atomic E-state index is -4.90. The first-order valence-corrected chi connectivity index (χ1v) is 7.77. The first-order chi connectivity index (χ1) is 13.0. The molecule has 0 saturated heterocycles. The van der Waals surface area contributed by atoms with Gasteiger partial charge in [-0.2, -0.15) is 13.2 Å². The number of rotatable bonds is 5. The molecule has 2 amide bonds. The van der Waals surface area contributed by atoms with E-state index in [1.165, 1.54) is 7.05 Å². The summed E-state index contributed by atoms with van der Waals surface area (Å²) in [4.78, 5) is 36.0. The zero-order valence-corrected chi connectivity index (χ0v) is 14.3. The molecule has 2 aromatic rings. The van der Waals surface area contributed by atoms with Gasteiger partial charge in [0.05, 0.1) is 0 Å². The van der Waals surface area contributed by atoms with Crippen LogP contribution in [0.5, 0.6) is 0 Å². The number of nitrogens with one attached hydrogen (secondary N) is 2. The number of hydrogen-bond acceptors (Lipinski definition) is 3. The summed E-state index contributed by atoms with van der Waals surface area (Å²) >= 11 is 0. The Balaban J connectivity index is 2.27. The highest BCUT2D eigenvalue weighted by Gasteiger charge is 2.34. The maximum atomic E-state index is 13.4. The lowest BCUT2D eigenvalue weighted by atomic mass is 10.1. The quantitative estimate of drug-likeness (QED) is 0.747. The normalized spacial score (nSPS) is 12.4. The number of aromatic nitrogens is 1. The number of amides is 2. The average molecular weight is 403 g/mol. The van der Waals surface area contributed by atoms with Crippen molar-refractivity contribution in [3.8, 4) is 0 Å². The number of benzene rings is 1. The summed E-state index contributed by atoms with van der Waals surface area (Å²) in [6.45, 7) is -0.820. The van der Waals surface area contributed by atoms with Crippen molar-refractivity contribution in [2.24, 2.45) is 0 Å². The van der Waals surface area contributed by atoms with E-state index < -0.39 is 53.3 Å². The monoisotopic (exact) mass is 403 g/mol. The Kier molecular flexibility index (Phi) is 6.16. The maximum Gasteiger partial charge on any atom is 0.421 e. The van der Waals surface area contributed by atoms with Crippen LogP contribution in [0.25, 0.3) is 0 Å².